The molecule has 2 rings (SSSR count). The van der Waals surface area contributed by atoms with Gasteiger partial charge in [-0.3, -0.25) is 10.1 Å². The molecule has 1 heterocycles. The van der Waals surface area contributed by atoms with Crippen LogP contribution in [0.4, 0.5) is 11.6 Å². The largest absolute Gasteiger partial charge is 0.269 e. The van der Waals surface area contributed by atoms with Crippen LogP contribution in [-0.2, 0) is 0 Å². The molecule has 0 saturated heterocycles. The average Bonchev–Trinajstić information content (AvgIpc) is 2.80. The predicted molar refractivity (Wildman–Crippen MR) is 56.7 cm³/mol. The second-order valence-electron chi connectivity index (χ2n) is 2.92. The van der Waals surface area contributed by atoms with E-state index in [4.69, 9.17) is 0 Å². The smallest absolute Gasteiger partial charge is 0.258 e. The van der Waals surface area contributed by atoms with Crippen LogP contribution >= 0.6 is 0 Å². The number of non-ortho nitro benzene ring substituents is 1. The number of H-pyrrole nitrogens is 1. The highest BCUT2D eigenvalue weighted by molar-refractivity contribution is 5.81. The van der Waals surface area contributed by atoms with Crippen molar-refractivity contribution in [3.63, 3.8) is 0 Å². The van der Waals surface area contributed by atoms with Crippen LogP contribution in [0.2, 0.25) is 0 Å². The maximum absolute atomic E-state index is 10.4. The van der Waals surface area contributed by atoms with E-state index in [2.05, 4.69) is 20.2 Å². The van der Waals surface area contributed by atoms with Crippen molar-refractivity contribution in [1.82, 2.24) is 15.2 Å². The molecule has 0 atom stereocenters. The minimum absolute atomic E-state index is 0.0526. The summed E-state index contributed by atoms with van der Waals surface area (Å²) in [5, 5.41) is 16.6. The molecule has 1 aromatic heterocycles. The zero-order chi connectivity index (χ0) is 11.4. The molecule has 0 saturated carbocycles. The molecule has 0 spiro atoms. The summed E-state index contributed by atoms with van der Waals surface area (Å²) in [5.41, 5.74) is 0.804. The Morgan fingerprint density at radius 2 is 2.12 bits per heavy atom. The molecule has 0 amide bonds. The normalized spacial score (nSPS) is 10.8. The summed E-state index contributed by atoms with van der Waals surface area (Å²) in [6, 6.07) is 6.06. The first-order valence-electron chi connectivity index (χ1n) is 4.39. The second kappa shape index (κ2) is 4.30. The van der Waals surface area contributed by atoms with Crippen LogP contribution in [0.25, 0.3) is 0 Å². The van der Waals surface area contributed by atoms with Crippen LogP contribution in [-0.4, -0.2) is 26.3 Å². The first-order chi connectivity index (χ1) is 7.75. The average molecular weight is 217 g/mol. The van der Waals surface area contributed by atoms with Crippen LogP contribution < -0.4 is 0 Å². The van der Waals surface area contributed by atoms with E-state index in [0.717, 1.165) is 5.56 Å². The third-order valence-electron chi connectivity index (χ3n) is 1.84. The lowest BCUT2D eigenvalue weighted by atomic mass is 10.2. The first kappa shape index (κ1) is 9.97. The quantitative estimate of drug-likeness (QED) is 0.478. The van der Waals surface area contributed by atoms with Crippen LogP contribution in [0, 0.1) is 10.1 Å². The molecule has 0 aliphatic heterocycles. The zero-order valence-electron chi connectivity index (χ0n) is 8.07. The van der Waals surface area contributed by atoms with E-state index in [0.29, 0.717) is 5.95 Å². The Morgan fingerprint density at radius 1 is 1.38 bits per heavy atom. The van der Waals surface area contributed by atoms with Crippen molar-refractivity contribution in [1.29, 1.82) is 0 Å². The molecule has 0 fully saturated rings. The van der Waals surface area contributed by atoms with Crippen LogP contribution in [0.1, 0.15) is 5.56 Å². The maximum Gasteiger partial charge on any atom is 0.269 e. The number of benzene rings is 1. The van der Waals surface area contributed by atoms with E-state index in [1.54, 1.807) is 18.3 Å². The van der Waals surface area contributed by atoms with E-state index in [-0.39, 0.29) is 5.69 Å². The SMILES string of the molecule is O=[N+]([O-])c1ccc(C=Nc2ncn[nH]2)cc1. The molecular weight excluding hydrogens is 210 g/mol. The Morgan fingerprint density at radius 3 is 2.69 bits per heavy atom. The topological polar surface area (TPSA) is 97.1 Å². The first-order valence-corrected chi connectivity index (χ1v) is 4.39. The van der Waals surface area contributed by atoms with Crippen molar-refractivity contribution in [2.75, 3.05) is 0 Å². The van der Waals surface area contributed by atoms with Crippen LogP contribution in [0.15, 0.2) is 35.6 Å². The Balaban J connectivity index is 2.14. The lowest BCUT2D eigenvalue weighted by Crippen LogP contribution is -1.88. The van der Waals surface area contributed by atoms with Gasteiger partial charge >= 0.3 is 0 Å². The highest BCUT2D eigenvalue weighted by atomic mass is 16.6. The Bertz CT molecular complexity index is 503. The molecule has 0 bridgehead atoms. The van der Waals surface area contributed by atoms with Crippen molar-refractivity contribution in [3.8, 4) is 0 Å². The summed E-state index contributed by atoms with van der Waals surface area (Å²) in [5.74, 6) is 0.387. The van der Waals surface area contributed by atoms with E-state index in [9.17, 15) is 10.1 Å². The fourth-order valence-corrected chi connectivity index (χ4v) is 1.08. The molecule has 7 heteroatoms. The van der Waals surface area contributed by atoms with Gasteiger partial charge < -0.3 is 0 Å². The van der Waals surface area contributed by atoms with Crippen molar-refractivity contribution < 1.29 is 4.92 Å². The number of nitro groups is 1. The van der Waals surface area contributed by atoms with Gasteiger partial charge in [-0.05, 0) is 17.7 Å². The van der Waals surface area contributed by atoms with Crippen molar-refractivity contribution in [2.45, 2.75) is 0 Å². The van der Waals surface area contributed by atoms with Crippen molar-refractivity contribution >= 4 is 17.9 Å². The van der Waals surface area contributed by atoms with Gasteiger partial charge in [0.2, 0.25) is 5.95 Å². The van der Waals surface area contributed by atoms with Gasteiger partial charge in [-0.25, -0.2) is 10.1 Å². The molecule has 1 aromatic carbocycles. The fraction of sp³-hybridized carbons (Fsp3) is 0. The van der Waals surface area contributed by atoms with Gasteiger partial charge in [0.1, 0.15) is 6.33 Å². The number of aliphatic imine (C=N–C) groups is 1. The number of aromatic amines is 1. The lowest BCUT2D eigenvalue weighted by Gasteiger charge is -1.92. The van der Waals surface area contributed by atoms with Crippen molar-refractivity contribution in [3.05, 3.63) is 46.3 Å². The molecule has 80 valence electrons. The molecule has 0 unspecified atom stereocenters. The number of hydrogen-bond donors (Lipinski definition) is 1. The Hall–Kier alpha value is -2.57. The van der Waals surface area contributed by atoms with Crippen molar-refractivity contribution in [2.24, 2.45) is 4.99 Å². The minimum Gasteiger partial charge on any atom is -0.258 e. The van der Waals surface area contributed by atoms with Gasteiger partial charge in [0.25, 0.3) is 5.69 Å². The van der Waals surface area contributed by atoms with E-state index >= 15 is 0 Å². The number of rotatable bonds is 3. The van der Waals surface area contributed by atoms with E-state index in [1.165, 1.54) is 18.5 Å². The third-order valence-corrected chi connectivity index (χ3v) is 1.84. The fourth-order valence-electron chi connectivity index (χ4n) is 1.08. The van der Waals surface area contributed by atoms with Gasteiger partial charge in [-0.1, -0.05) is 0 Å². The number of nitrogens with zero attached hydrogens (tertiary/aromatic N) is 4. The van der Waals surface area contributed by atoms with Gasteiger partial charge in [-0.15, -0.1) is 0 Å². The highest BCUT2D eigenvalue weighted by Crippen LogP contribution is 2.11. The van der Waals surface area contributed by atoms with E-state index < -0.39 is 4.92 Å². The molecule has 7 nitrogen and oxygen atoms in total. The van der Waals surface area contributed by atoms with Crippen LogP contribution in [0.5, 0.6) is 0 Å². The highest BCUT2D eigenvalue weighted by Gasteiger charge is 2.02. The standard InChI is InChI=1S/C9H7N5O2/c15-14(16)8-3-1-7(2-4-8)5-10-9-11-6-12-13-9/h1-6H,(H,11,12,13). The van der Waals surface area contributed by atoms with Gasteiger partial charge in [0, 0.05) is 18.3 Å². The summed E-state index contributed by atoms with van der Waals surface area (Å²) in [7, 11) is 0. The molecule has 0 aliphatic carbocycles. The number of hydrogen-bond acceptors (Lipinski definition) is 5. The Labute approximate surface area is 90.0 Å². The summed E-state index contributed by atoms with van der Waals surface area (Å²) in [6.07, 6.45) is 2.90. The predicted octanol–water partition coefficient (Wildman–Crippen LogP) is 1.46. The monoisotopic (exact) mass is 217 g/mol. The number of nitro benzene ring substituents is 1. The lowest BCUT2D eigenvalue weighted by molar-refractivity contribution is -0.384. The zero-order valence-corrected chi connectivity index (χ0v) is 8.07. The summed E-state index contributed by atoms with van der Waals surface area (Å²) >= 11 is 0. The molecule has 2 aromatic rings. The molecule has 16 heavy (non-hydrogen) atoms. The maximum atomic E-state index is 10.4. The van der Waals surface area contributed by atoms with Gasteiger partial charge in [-0.2, -0.15) is 10.1 Å². The molecule has 0 radical (unpaired) electrons. The van der Waals surface area contributed by atoms with Gasteiger partial charge in [0.15, 0.2) is 0 Å². The van der Waals surface area contributed by atoms with E-state index in [1.807, 2.05) is 0 Å². The number of nitrogens with one attached hydrogen (secondary N) is 1. The summed E-state index contributed by atoms with van der Waals surface area (Å²) < 4.78 is 0. The van der Waals surface area contributed by atoms with Crippen LogP contribution in [0.3, 0.4) is 0 Å². The van der Waals surface area contributed by atoms with Gasteiger partial charge in [0.05, 0.1) is 4.92 Å². The number of aromatic nitrogens is 3. The molecule has 1 N–H and O–H groups in total. The second-order valence-corrected chi connectivity index (χ2v) is 2.92. The molecule has 0 aliphatic rings. The molecular formula is C9H7N5O2. The minimum atomic E-state index is -0.447. The summed E-state index contributed by atoms with van der Waals surface area (Å²) in [4.78, 5) is 17.7. The summed E-state index contributed by atoms with van der Waals surface area (Å²) in [6.45, 7) is 0. The third kappa shape index (κ3) is 2.27. The Kier molecular flexibility index (Phi) is 2.68.